The van der Waals surface area contributed by atoms with Crippen molar-refractivity contribution in [3.8, 4) is 0 Å². The van der Waals surface area contributed by atoms with E-state index in [0.29, 0.717) is 12.8 Å². The number of carbonyl (C=O) groups is 19. The van der Waals surface area contributed by atoms with Crippen molar-refractivity contribution in [2.75, 3.05) is 31.7 Å². The van der Waals surface area contributed by atoms with E-state index < -0.39 is 248 Å². The Kier molecular flexibility index (Phi) is 45.9. The number of aliphatic hydroxyl groups excluding tert-OH is 1. The van der Waals surface area contributed by atoms with E-state index in [0.717, 1.165) is 0 Å². The highest BCUT2D eigenvalue weighted by atomic mass is 32.2. The number of imidazole rings is 1. The Morgan fingerprint density at radius 1 is 0.464 bits per heavy atom. The van der Waals surface area contributed by atoms with Gasteiger partial charge < -0.3 is 123 Å². The Bertz CT molecular complexity index is 3390. The fraction of sp³-hybridized carbons (Fsp3) is 0.676. The largest absolute Gasteiger partial charge is 0.481 e. The smallest absolute Gasteiger partial charge is 0.326 e. The first-order valence-electron chi connectivity index (χ1n) is 36.5. The van der Waals surface area contributed by atoms with Crippen LogP contribution < -0.4 is 97.4 Å². The average Bonchev–Trinajstić information content (AvgIpc) is 0.943. The molecule has 0 radical (unpaired) electrons. The van der Waals surface area contributed by atoms with Crippen molar-refractivity contribution in [1.82, 2.24) is 84.4 Å². The number of carbonyl (C=O) groups excluding carboxylic acids is 16. The summed E-state index contributed by atoms with van der Waals surface area (Å²) in [5, 5.41) is 72.2. The van der Waals surface area contributed by atoms with Gasteiger partial charge in [-0.1, -0.05) is 54.4 Å². The average molecular weight is 1610 g/mol. The van der Waals surface area contributed by atoms with E-state index in [9.17, 15) is 106 Å². The van der Waals surface area contributed by atoms with Gasteiger partial charge in [0.2, 0.25) is 94.5 Å². The number of aromatic nitrogens is 2. The molecule has 0 aromatic carbocycles. The third-order valence-electron chi connectivity index (χ3n) is 17.5. The number of aliphatic hydroxyl groups is 1. The van der Waals surface area contributed by atoms with Gasteiger partial charge in [-0.05, 0) is 108 Å². The van der Waals surface area contributed by atoms with Crippen LogP contribution >= 0.6 is 11.8 Å². The Morgan fingerprint density at radius 3 is 1.34 bits per heavy atom. The fourth-order valence-corrected chi connectivity index (χ4v) is 10.9. The molecule has 27 N–H and O–H groups in total. The maximum absolute atomic E-state index is 14.3. The first-order chi connectivity index (χ1) is 52.5. The van der Waals surface area contributed by atoms with Gasteiger partial charge in [0.15, 0.2) is 0 Å². The molecule has 44 heteroatoms. The van der Waals surface area contributed by atoms with Gasteiger partial charge in [0, 0.05) is 31.9 Å². The quantitative estimate of drug-likeness (QED) is 0.0269. The van der Waals surface area contributed by atoms with Crippen LogP contribution in [0.25, 0.3) is 0 Å². The molecule has 1 heterocycles. The zero-order valence-corrected chi connectivity index (χ0v) is 65.4. The minimum absolute atomic E-state index is 0.0684. The topological polar surface area (TPSA) is 706 Å². The molecule has 1 aromatic rings. The van der Waals surface area contributed by atoms with E-state index >= 15 is 0 Å². The van der Waals surface area contributed by atoms with Crippen LogP contribution in [0.15, 0.2) is 12.5 Å². The number of unbranched alkanes of at least 4 members (excludes halogenated alkanes) is 1. The molecule has 112 heavy (non-hydrogen) atoms. The van der Waals surface area contributed by atoms with Crippen molar-refractivity contribution in [2.45, 2.75) is 243 Å². The maximum atomic E-state index is 14.3. The second-order valence-electron chi connectivity index (χ2n) is 27.3. The summed E-state index contributed by atoms with van der Waals surface area (Å²) in [5.74, 6) is -21.4. The summed E-state index contributed by atoms with van der Waals surface area (Å²) < 4.78 is 0. The van der Waals surface area contributed by atoms with Gasteiger partial charge in [-0.25, -0.2) is 9.78 Å². The predicted molar refractivity (Wildman–Crippen MR) is 400 cm³/mol. The summed E-state index contributed by atoms with van der Waals surface area (Å²) in [6.07, 6.45) is 1.21. The summed E-state index contributed by atoms with van der Waals surface area (Å²) >= 11 is 1.22. The summed E-state index contributed by atoms with van der Waals surface area (Å²) in [5.41, 5.74) is 22.7. The van der Waals surface area contributed by atoms with Gasteiger partial charge in [0.25, 0.3) is 0 Å². The number of rotatable bonds is 56. The van der Waals surface area contributed by atoms with Gasteiger partial charge in [-0.2, -0.15) is 11.8 Å². The number of carboxylic acid groups (broad SMARTS) is 3. The molecule has 0 aliphatic rings. The van der Waals surface area contributed by atoms with E-state index in [1.807, 2.05) is 12.2 Å². The number of primary amides is 2. The van der Waals surface area contributed by atoms with E-state index in [4.69, 9.17) is 28.0 Å². The van der Waals surface area contributed by atoms with E-state index in [1.54, 1.807) is 40.9 Å². The number of hydrogen-bond acceptors (Lipinski definition) is 24. The molecule has 0 aliphatic heterocycles. The number of nitrogens with zero attached hydrogens (tertiary/aromatic N) is 1. The van der Waals surface area contributed by atoms with Gasteiger partial charge >= 0.3 is 17.9 Å². The number of amides is 16. The van der Waals surface area contributed by atoms with Crippen LogP contribution in [0.5, 0.6) is 0 Å². The highest BCUT2D eigenvalue weighted by Gasteiger charge is 2.38. The Labute approximate surface area is 651 Å². The van der Waals surface area contributed by atoms with Crippen LogP contribution in [0.3, 0.4) is 0 Å². The van der Waals surface area contributed by atoms with Crippen molar-refractivity contribution in [3.63, 3.8) is 0 Å². The van der Waals surface area contributed by atoms with Gasteiger partial charge in [-0.15, -0.1) is 0 Å². The zero-order valence-electron chi connectivity index (χ0n) is 64.6. The van der Waals surface area contributed by atoms with Gasteiger partial charge in [0.05, 0.1) is 37.6 Å². The van der Waals surface area contributed by atoms with Crippen molar-refractivity contribution in [1.29, 1.82) is 0 Å². The molecular weight excluding hydrogens is 1500 g/mol. The Morgan fingerprint density at radius 2 is 0.884 bits per heavy atom. The predicted octanol–water partition coefficient (Wildman–Crippen LogP) is -7.27. The molecule has 0 saturated carbocycles. The Hall–Kier alpha value is -10.6. The number of aromatic amines is 1. The van der Waals surface area contributed by atoms with Crippen LogP contribution in [-0.2, 0) is 97.5 Å². The lowest BCUT2D eigenvalue weighted by molar-refractivity contribution is -0.147. The normalized spacial score (nSPS) is 15.4. The first kappa shape index (κ1) is 99.4. The van der Waals surface area contributed by atoms with Crippen molar-refractivity contribution >= 4 is 124 Å². The number of hydrogen-bond donors (Lipinski definition) is 23. The number of thioether (sulfide) groups is 1. The van der Waals surface area contributed by atoms with E-state index in [2.05, 4.69) is 79.1 Å². The molecule has 43 nitrogen and oxygen atoms in total. The van der Waals surface area contributed by atoms with Crippen LogP contribution in [0.2, 0.25) is 0 Å². The zero-order chi connectivity index (χ0) is 85.2. The van der Waals surface area contributed by atoms with E-state index in [1.165, 1.54) is 45.1 Å². The number of nitrogens with two attached hydrogens (primary N) is 4. The Balaban J connectivity index is 3.35. The second-order valence-corrected chi connectivity index (χ2v) is 28.3. The lowest BCUT2D eigenvalue weighted by Crippen LogP contribution is -2.61. The van der Waals surface area contributed by atoms with Crippen LogP contribution in [0.1, 0.15) is 158 Å². The fourth-order valence-electron chi connectivity index (χ4n) is 10.4. The summed E-state index contributed by atoms with van der Waals surface area (Å²) in [7, 11) is 0. The molecule has 1 rings (SSSR count). The summed E-state index contributed by atoms with van der Waals surface area (Å²) in [4.78, 5) is 257. The van der Waals surface area contributed by atoms with Gasteiger partial charge in [0.1, 0.15) is 78.5 Å². The third kappa shape index (κ3) is 37.9. The minimum Gasteiger partial charge on any atom is -0.481 e. The number of nitrogens with one attached hydrogen (secondary N) is 15. The third-order valence-corrected chi connectivity index (χ3v) is 18.2. The van der Waals surface area contributed by atoms with Crippen LogP contribution in [-0.4, -0.2) is 259 Å². The SMILES string of the molecule is CC[C@H](C)[C@H](N)C(=O)N[C@@H](CCC(N)=O)C(=O)N[C@@H](C)C(=O)N[C@@H](Cc1c[nH]cn1)C(=O)N[C@@H](C)C(=O)NCC(=O)N[C@@H](CCCCN)C(=O)N[C@H](C(=O)N[C@@H](CCC(=O)O)C(=O)N[C@@H](C)C(=O)N[C@@H](CC(C)C)C(=O)N[C@@H](CO)C(=O)N[C@@H](CCC(N)=O)C(=O)N[C@@H](CCSC)C(=O)N[C@@H](CC(=O)O)C(=O)O)[C@@H](C)CC. The highest BCUT2D eigenvalue weighted by molar-refractivity contribution is 7.98. The van der Waals surface area contributed by atoms with E-state index in [-0.39, 0.29) is 81.2 Å². The molecule has 0 unspecified atom stereocenters. The molecule has 630 valence electrons. The standard InChI is InChI=1S/C68H114N20O23S/c1-11-33(5)53(72)66(108)82-40(16-19-48(70)90)58(100)77-37(9)57(99)85-45(26-38-28-73-31-75-38)63(105)76-35(7)55(97)74-29-50(92)79-39(15-13-14-23-69)62(104)88-54(34(6)12-2)67(109)83-42(18-21-51(93)94)59(101)78-36(8)56(98)84-44(25-32(3)4)64(106)87-47(30-89)65(107)80-41(17-20-49(71)91)60(102)81-43(22-24-112-10)61(103)86-46(68(110)111)27-52(95)96/h28,31-37,39-47,53-54,89H,11-27,29-30,69,72H2,1-10H3,(H2,70,90)(H2,71,91)(H,73,75)(H,74,97)(H,76,105)(H,77,100)(H,78,101)(H,79,92)(H,80,107)(H,81,102)(H,82,108)(H,83,109)(H,84,98)(H,85,99)(H,86,103)(H,87,106)(H,88,104)(H,93,94)(H,95,96)(H,110,111)/t33-,34-,35-,36-,37-,39-,40-,41-,42-,43-,44-,45-,46-,47-,53-,54-/m0/s1. The lowest BCUT2D eigenvalue weighted by Gasteiger charge is -2.29. The maximum Gasteiger partial charge on any atom is 0.326 e. The summed E-state index contributed by atoms with van der Waals surface area (Å²) in [6.45, 7) is 12.0. The van der Waals surface area contributed by atoms with Gasteiger partial charge in [-0.3, -0.25) is 86.3 Å². The van der Waals surface area contributed by atoms with Crippen LogP contribution in [0.4, 0.5) is 0 Å². The molecular formula is C68H114N20O23S. The number of carboxylic acids is 3. The number of aliphatic carboxylic acids is 3. The summed E-state index contributed by atoms with van der Waals surface area (Å²) in [6, 6.07) is -21.3. The monoisotopic (exact) mass is 1610 g/mol. The highest BCUT2D eigenvalue weighted by Crippen LogP contribution is 2.15. The van der Waals surface area contributed by atoms with Crippen LogP contribution in [0, 0.1) is 17.8 Å². The van der Waals surface area contributed by atoms with Crippen molar-refractivity contribution < 1.29 is 112 Å². The minimum atomic E-state index is -1.91. The molecule has 0 fully saturated rings. The molecule has 0 aliphatic carbocycles. The molecule has 16 amide bonds. The molecule has 1 aromatic heterocycles. The van der Waals surface area contributed by atoms with Crippen molar-refractivity contribution in [3.05, 3.63) is 18.2 Å². The molecule has 0 saturated heterocycles. The van der Waals surface area contributed by atoms with Crippen molar-refractivity contribution in [2.24, 2.45) is 40.7 Å². The molecule has 16 atom stereocenters. The number of H-pyrrole nitrogens is 1. The molecule has 0 spiro atoms. The first-order valence-corrected chi connectivity index (χ1v) is 37.9. The lowest BCUT2D eigenvalue weighted by atomic mass is 9.96. The molecule has 0 bridgehead atoms. The second kappa shape index (κ2) is 51.8.